The van der Waals surface area contributed by atoms with Crippen LogP contribution in [0.25, 0.3) is 0 Å². The molecule has 2 amide bonds. The van der Waals surface area contributed by atoms with Crippen LogP contribution in [-0.4, -0.2) is 53.1 Å². The van der Waals surface area contributed by atoms with Crippen LogP contribution < -0.4 is 10.6 Å². The fourth-order valence-corrected chi connectivity index (χ4v) is 7.10. The SMILES string of the molecule is CCCC(CCC)N1CCc2c(C(=O)NC(Cc3cc(F)cc(F)c3)C(O)CNC3(c4cccc(C(F)(F)F)c4)CC3)cc(C(F)(F)F)cc2C1=O. The number of nitrogens with one attached hydrogen (secondary N) is 2. The van der Waals surface area contributed by atoms with Gasteiger partial charge < -0.3 is 20.6 Å². The van der Waals surface area contributed by atoms with Crippen LogP contribution in [0.1, 0.15) is 101 Å². The number of benzene rings is 3. The minimum Gasteiger partial charge on any atom is -0.390 e. The maximum Gasteiger partial charge on any atom is 0.416 e. The molecule has 1 fully saturated rings. The van der Waals surface area contributed by atoms with Gasteiger partial charge in [-0.25, -0.2) is 8.78 Å². The molecule has 52 heavy (non-hydrogen) atoms. The molecule has 6 nitrogen and oxygen atoms in total. The quantitative estimate of drug-likeness (QED) is 0.147. The predicted molar refractivity (Wildman–Crippen MR) is 177 cm³/mol. The number of halogens is 8. The van der Waals surface area contributed by atoms with Gasteiger partial charge in [0.1, 0.15) is 11.6 Å². The molecule has 0 saturated heterocycles. The second-order valence-electron chi connectivity index (χ2n) is 13.7. The third-order valence-electron chi connectivity index (χ3n) is 9.90. The van der Waals surface area contributed by atoms with Gasteiger partial charge >= 0.3 is 12.4 Å². The summed E-state index contributed by atoms with van der Waals surface area (Å²) in [6, 6.07) is 7.20. The summed E-state index contributed by atoms with van der Waals surface area (Å²) in [6.45, 7) is 3.77. The number of carbonyl (C=O) groups is 2. The molecule has 3 aromatic carbocycles. The van der Waals surface area contributed by atoms with Crippen molar-refractivity contribution in [3.05, 3.63) is 105 Å². The Morgan fingerprint density at radius 3 is 2.12 bits per heavy atom. The minimum absolute atomic E-state index is 0.0237. The van der Waals surface area contributed by atoms with Crippen molar-refractivity contribution in [2.24, 2.45) is 0 Å². The molecule has 0 bridgehead atoms. The lowest BCUT2D eigenvalue weighted by Crippen LogP contribution is -2.50. The van der Waals surface area contributed by atoms with Crippen LogP contribution in [0.2, 0.25) is 0 Å². The van der Waals surface area contributed by atoms with E-state index in [1.54, 1.807) is 4.90 Å². The molecule has 0 spiro atoms. The van der Waals surface area contributed by atoms with Gasteiger partial charge in [-0.05, 0) is 91.6 Å². The van der Waals surface area contributed by atoms with Gasteiger partial charge in [-0.15, -0.1) is 0 Å². The molecule has 3 aromatic rings. The summed E-state index contributed by atoms with van der Waals surface area (Å²) in [5, 5.41) is 17.0. The Kier molecular flexibility index (Phi) is 11.7. The first kappa shape index (κ1) is 39.2. The van der Waals surface area contributed by atoms with Gasteiger partial charge in [-0.2, -0.15) is 26.3 Å². The molecule has 14 heteroatoms. The zero-order valence-corrected chi connectivity index (χ0v) is 28.7. The van der Waals surface area contributed by atoms with Crippen molar-refractivity contribution in [1.82, 2.24) is 15.5 Å². The Balaban J connectivity index is 1.45. The Morgan fingerprint density at radius 1 is 0.904 bits per heavy atom. The first-order valence-electron chi connectivity index (χ1n) is 17.4. The zero-order valence-electron chi connectivity index (χ0n) is 28.7. The van der Waals surface area contributed by atoms with Gasteiger partial charge in [0.15, 0.2) is 0 Å². The van der Waals surface area contributed by atoms with Gasteiger partial charge in [0, 0.05) is 41.9 Å². The average molecular weight is 740 g/mol. The standard InChI is InChI=1S/C38H41F8N3O3/c1-3-6-28(7-4-2)49-13-10-29-30(18-25(38(44,45)46)19-31(29)35(49)52)34(51)48-32(16-22-14-26(39)20-27(40)15-22)33(50)21-47-36(11-12-36)23-8-5-9-24(17-23)37(41,42)43/h5,8-9,14-15,17-20,28,32-33,47,50H,3-4,6-7,10-13,16,21H2,1-2H3,(H,48,51). The van der Waals surface area contributed by atoms with Crippen molar-refractivity contribution < 1.29 is 49.8 Å². The third kappa shape index (κ3) is 8.94. The topological polar surface area (TPSA) is 81.7 Å². The monoisotopic (exact) mass is 739 g/mol. The molecule has 0 radical (unpaired) electrons. The number of hydrogen-bond donors (Lipinski definition) is 3. The lowest BCUT2D eigenvalue weighted by molar-refractivity contribution is -0.138. The number of alkyl halides is 6. The Labute approximate surface area is 296 Å². The average Bonchev–Trinajstić information content (AvgIpc) is 3.87. The number of nitrogens with zero attached hydrogens (tertiary/aromatic N) is 1. The van der Waals surface area contributed by atoms with E-state index >= 15 is 0 Å². The van der Waals surface area contributed by atoms with Crippen LogP contribution >= 0.6 is 0 Å². The Hall–Kier alpha value is -4.04. The van der Waals surface area contributed by atoms with Crippen molar-refractivity contribution in [3.8, 4) is 0 Å². The van der Waals surface area contributed by atoms with Crippen LogP contribution in [0, 0.1) is 11.6 Å². The lowest BCUT2D eigenvalue weighted by Gasteiger charge is -2.36. The van der Waals surface area contributed by atoms with E-state index in [4.69, 9.17) is 0 Å². The summed E-state index contributed by atoms with van der Waals surface area (Å²) >= 11 is 0. The van der Waals surface area contributed by atoms with Crippen molar-refractivity contribution in [1.29, 1.82) is 0 Å². The normalized spacial score (nSPS) is 16.8. The van der Waals surface area contributed by atoms with E-state index in [1.807, 2.05) is 13.8 Å². The molecule has 1 saturated carbocycles. The van der Waals surface area contributed by atoms with Crippen LogP contribution in [0.5, 0.6) is 0 Å². The highest BCUT2D eigenvalue weighted by Gasteiger charge is 2.46. The fourth-order valence-electron chi connectivity index (χ4n) is 7.10. The highest BCUT2D eigenvalue weighted by molar-refractivity contribution is 6.03. The fraction of sp³-hybridized carbons (Fsp3) is 0.474. The smallest absolute Gasteiger partial charge is 0.390 e. The van der Waals surface area contributed by atoms with E-state index in [-0.39, 0.29) is 48.7 Å². The van der Waals surface area contributed by atoms with E-state index in [9.17, 15) is 49.8 Å². The van der Waals surface area contributed by atoms with Crippen LogP contribution in [0.3, 0.4) is 0 Å². The van der Waals surface area contributed by atoms with Crippen LogP contribution in [0.15, 0.2) is 54.6 Å². The second-order valence-corrected chi connectivity index (χ2v) is 13.7. The summed E-state index contributed by atoms with van der Waals surface area (Å²) in [7, 11) is 0. The molecule has 2 aliphatic rings. The van der Waals surface area contributed by atoms with Gasteiger partial charge in [0.05, 0.1) is 23.3 Å². The summed E-state index contributed by atoms with van der Waals surface area (Å²) in [4.78, 5) is 29.2. The molecular formula is C38H41F8N3O3. The number of fused-ring (bicyclic) bond motifs is 1. The number of amides is 2. The second kappa shape index (κ2) is 15.5. The van der Waals surface area contributed by atoms with E-state index in [1.165, 1.54) is 12.1 Å². The molecule has 1 aliphatic carbocycles. The van der Waals surface area contributed by atoms with Crippen molar-refractivity contribution in [2.75, 3.05) is 13.1 Å². The minimum atomic E-state index is -4.91. The Bertz CT molecular complexity index is 1750. The third-order valence-corrected chi connectivity index (χ3v) is 9.90. The lowest BCUT2D eigenvalue weighted by atomic mass is 9.89. The molecule has 0 aromatic heterocycles. The summed E-state index contributed by atoms with van der Waals surface area (Å²) < 4.78 is 111. The van der Waals surface area contributed by atoms with E-state index in [2.05, 4.69) is 10.6 Å². The number of carbonyl (C=O) groups excluding carboxylic acids is 2. The van der Waals surface area contributed by atoms with E-state index in [0.29, 0.717) is 43.4 Å². The number of aliphatic hydroxyl groups is 1. The number of rotatable bonds is 14. The van der Waals surface area contributed by atoms with Crippen LogP contribution in [-0.2, 0) is 30.7 Å². The maximum atomic E-state index is 14.2. The molecular weight excluding hydrogens is 698 g/mol. The molecule has 3 N–H and O–H groups in total. The highest BCUT2D eigenvalue weighted by Crippen LogP contribution is 2.46. The molecule has 5 rings (SSSR count). The Morgan fingerprint density at radius 2 is 1.54 bits per heavy atom. The first-order chi connectivity index (χ1) is 24.5. The predicted octanol–water partition coefficient (Wildman–Crippen LogP) is 7.95. The van der Waals surface area contributed by atoms with E-state index in [0.717, 1.165) is 43.2 Å². The molecule has 282 valence electrons. The summed E-state index contributed by atoms with van der Waals surface area (Å²) in [5.74, 6) is -3.53. The highest BCUT2D eigenvalue weighted by atomic mass is 19.4. The molecule has 2 atom stereocenters. The summed E-state index contributed by atoms with van der Waals surface area (Å²) in [6.07, 6.45) is -7.59. The zero-order chi connectivity index (χ0) is 38.0. The van der Waals surface area contributed by atoms with Crippen LogP contribution in [0.4, 0.5) is 35.1 Å². The van der Waals surface area contributed by atoms with Crippen molar-refractivity contribution >= 4 is 11.8 Å². The maximum absolute atomic E-state index is 14.2. The number of hydrogen-bond acceptors (Lipinski definition) is 4. The van der Waals surface area contributed by atoms with Gasteiger partial charge in [-0.1, -0.05) is 38.8 Å². The summed E-state index contributed by atoms with van der Waals surface area (Å²) in [5.41, 5.74) is -3.17. The molecule has 1 heterocycles. The van der Waals surface area contributed by atoms with E-state index < -0.39 is 70.2 Å². The van der Waals surface area contributed by atoms with Gasteiger partial charge in [0.2, 0.25) is 0 Å². The van der Waals surface area contributed by atoms with Gasteiger partial charge in [0.25, 0.3) is 11.8 Å². The van der Waals surface area contributed by atoms with Crippen molar-refractivity contribution in [2.45, 2.75) is 101 Å². The number of aliphatic hydroxyl groups excluding tert-OH is 1. The molecule has 1 aliphatic heterocycles. The molecule has 2 unspecified atom stereocenters. The first-order valence-corrected chi connectivity index (χ1v) is 17.4. The largest absolute Gasteiger partial charge is 0.416 e. The van der Waals surface area contributed by atoms with Crippen molar-refractivity contribution in [3.63, 3.8) is 0 Å². The van der Waals surface area contributed by atoms with Gasteiger partial charge in [-0.3, -0.25) is 9.59 Å².